The van der Waals surface area contributed by atoms with Crippen molar-refractivity contribution in [3.8, 4) is 0 Å². The zero-order valence-corrected chi connectivity index (χ0v) is 7.43. The Balaban J connectivity index is 1.86. The monoisotopic (exact) mass is 154 g/mol. The summed E-state index contributed by atoms with van der Waals surface area (Å²) >= 11 is 0. The van der Waals surface area contributed by atoms with Crippen LogP contribution < -0.4 is 10.6 Å². The third kappa shape index (κ3) is 1.30. The standard InChI is InChI=1S/C9H18N2/c1-6(2)11-9-7-3-4-10-8(9)5-7/h6-11H,3-5H2,1-2H3. The Bertz CT molecular complexity index is 130. The van der Waals surface area contributed by atoms with Gasteiger partial charge < -0.3 is 10.6 Å². The number of hydrogen-bond acceptors (Lipinski definition) is 2. The quantitative estimate of drug-likeness (QED) is 0.613. The van der Waals surface area contributed by atoms with Gasteiger partial charge in [0.2, 0.25) is 0 Å². The maximum atomic E-state index is 3.62. The van der Waals surface area contributed by atoms with Gasteiger partial charge in [-0.25, -0.2) is 0 Å². The summed E-state index contributed by atoms with van der Waals surface area (Å²) in [5, 5.41) is 7.16. The summed E-state index contributed by atoms with van der Waals surface area (Å²) in [5.74, 6) is 0.976. The van der Waals surface area contributed by atoms with E-state index in [9.17, 15) is 0 Å². The number of piperidine rings is 2. The largest absolute Gasteiger partial charge is 0.312 e. The first-order valence-electron chi connectivity index (χ1n) is 4.77. The second kappa shape index (κ2) is 2.76. The van der Waals surface area contributed by atoms with Crippen LogP contribution in [0.15, 0.2) is 0 Å². The number of nitrogens with one attached hydrogen (secondary N) is 2. The lowest BCUT2D eigenvalue weighted by molar-refractivity contribution is 0.0836. The summed E-state index contributed by atoms with van der Waals surface area (Å²) < 4.78 is 0. The number of rotatable bonds is 2. The lowest BCUT2D eigenvalue weighted by Crippen LogP contribution is -2.66. The fraction of sp³-hybridized carbons (Fsp3) is 1.00. The van der Waals surface area contributed by atoms with E-state index >= 15 is 0 Å². The van der Waals surface area contributed by atoms with Gasteiger partial charge in [-0.3, -0.25) is 0 Å². The summed E-state index contributed by atoms with van der Waals surface area (Å²) in [6, 6.07) is 2.21. The minimum atomic E-state index is 0.644. The van der Waals surface area contributed by atoms with Crippen LogP contribution >= 0.6 is 0 Å². The first kappa shape index (κ1) is 7.56. The van der Waals surface area contributed by atoms with Gasteiger partial charge in [-0.15, -0.1) is 0 Å². The van der Waals surface area contributed by atoms with Gasteiger partial charge in [0.25, 0.3) is 0 Å². The van der Waals surface area contributed by atoms with E-state index in [4.69, 9.17) is 0 Å². The molecule has 0 aromatic rings. The highest BCUT2D eigenvalue weighted by molar-refractivity contribution is 5.03. The van der Waals surface area contributed by atoms with E-state index in [0.29, 0.717) is 6.04 Å². The molecular weight excluding hydrogens is 136 g/mol. The van der Waals surface area contributed by atoms with Crippen molar-refractivity contribution < 1.29 is 0 Å². The zero-order chi connectivity index (χ0) is 7.84. The second-order valence-corrected chi connectivity index (χ2v) is 4.19. The van der Waals surface area contributed by atoms with E-state index in [1.165, 1.54) is 19.4 Å². The molecule has 2 bridgehead atoms. The van der Waals surface area contributed by atoms with Gasteiger partial charge in [-0.1, -0.05) is 13.8 Å². The predicted molar refractivity (Wildman–Crippen MR) is 46.6 cm³/mol. The van der Waals surface area contributed by atoms with Gasteiger partial charge >= 0.3 is 0 Å². The predicted octanol–water partition coefficient (Wildman–Crippen LogP) is 0.735. The van der Waals surface area contributed by atoms with Crippen molar-refractivity contribution in [2.75, 3.05) is 6.54 Å². The Morgan fingerprint density at radius 3 is 2.73 bits per heavy atom. The van der Waals surface area contributed by atoms with E-state index in [2.05, 4.69) is 24.5 Å². The molecule has 0 amide bonds. The van der Waals surface area contributed by atoms with Crippen molar-refractivity contribution in [1.82, 2.24) is 10.6 Å². The summed E-state index contributed by atoms with van der Waals surface area (Å²) in [7, 11) is 0. The molecule has 3 rings (SSSR count). The molecule has 2 nitrogen and oxygen atoms in total. The van der Waals surface area contributed by atoms with Crippen LogP contribution in [0.2, 0.25) is 0 Å². The third-order valence-electron chi connectivity index (χ3n) is 2.95. The zero-order valence-electron chi connectivity index (χ0n) is 7.43. The van der Waals surface area contributed by atoms with E-state index < -0.39 is 0 Å². The van der Waals surface area contributed by atoms with Crippen LogP contribution in [0.3, 0.4) is 0 Å². The molecule has 0 spiro atoms. The third-order valence-corrected chi connectivity index (χ3v) is 2.95. The Labute approximate surface area is 68.7 Å². The maximum Gasteiger partial charge on any atom is 0.0252 e. The van der Waals surface area contributed by atoms with Crippen LogP contribution in [0.1, 0.15) is 26.7 Å². The molecule has 3 fully saturated rings. The molecule has 0 radical (unpaired) electrons. The molecule has 11 heavy (non-hydrogen) atoms. The van der Waals surface area contributed by atoms with Crippen LogP contribution in [0.5, 0.6) is 0 Å². The maximum absolute atomic E-state index is 3.62. The van der Waals surface area contributed by atoms with Crippen LogP contribution in [-0.4, -0.2) is 24.7 Å². The fourth-order valence-electron chi connectivity index (χ4n) is 2.35. The SMILES string of the molecule is CC(C)NC1C2CCNC1C2. The Hall–Kier alpha value is -0.0800. The summed E-state index contributed by atoms with van der Waals surface area (Å²) in [6.07, 6.45) is 2.78. The van der Waals surface area contributed by atoms with Crippen molar-refractivity contribution in [3.63, 3.8) is 0 Å². The van der Waals surface area contributed by atoms with Gasteiger partial charge in [0, 0.05) is 18.1 Å². The summed E-state index contributed by atoms with van der Waals surface area (Å²) in [4.78, 5) is 0. The average molecular weight is 154 g/mol. The molecule has 2 heteroatoms. The normalized spacial score (nSPS) is 42.3. The molecule has 2 aliphatic heterocycles. The van der Waals surface area contributed by atoms with Gasteiger partial charge in [-0.05, 0) is 25.3 Å². The minimum Gasteiger partial charge on any atom is -0.312 e. The van der Waals surface area contributed by atoms with Crippen molar-refractivity contribution in [2.24, 2.45) is 5.92 Å². The molecule has 2 heterocycles. The first-order chi connectivity index (χ1) is 5.27. The molecule has 1 aliphatic carbocycles. The van der Waals surface area contributed by atoms with Gasteiger partial charge in [0.05, 0.1) is 0 Å². The van der Waals surface area contributed by atoms with E-state index in [0.717, 1.165) is 18.0 Å². The van der Waals surface area contributed by atoms with Gasteiger partial charge in [0.1, 0.15) is 0 Å². The van der Waals surface area contributed by atoms with E-state index in [-0.39, 0.29) is 0 Å². The Morgan fingerprint density at radius 2 is 2.27 bits per heavy atom. The lowest BCUT2D eigenvalue weighted by Gasteiger charge is -2.51. The van der Waals surface area contributed by atoms with Crippen LogP contribution in [0.25, 0.3) is 0 Å². The van der Waals surface area contributed by atoms with Crippen molar-refractivity contribution in [1.29, 1.82) is 0 Å². The smallest absolute Gasteiger partial charge is 0.0252 e. The van der Waals surface area contributed by atoms with Crippen molar-refractivity contribution in [2.45, 2.75) is 44.8 Å². The minimum absolute atomic E-state index is 0.644. The molecule has 1 saturated carbocycles. The van der Waals surface area contributed by atoms with Crippen molar-refractivity contribution >= 4 is 0 Å². The molecule has 3 aliphatic rings. The molecule has 3 atom stereocenters. The van der Waals surface area contributed by atoms with E-state index in [1.807, 2.05) is 0 Å². The summed E-state index contributed by atoms with van der Waals surface area (Å²) in [5.41, 5.74) is 0. The Morgan fingerprint density at radius 1 is 1.45 bits per heavy atom. The highest BCUT2D eigenvalue weighted by Crippen LogP contribution is 2.34. The molecule has 2 N–H and O–H groups in total. The van der Waals surface area contributed by atoms with E-state index in [1.54, 1.807) is 0 Å². The number of hydrogen-bond donors (Lipinski definition) is 2. The fourth-order valence-corrected chi connectivity index (χ4v) is 2.35. The highest BCUT2D eigenvalue weighted by atomic mass is 15.1. The molecule has 0 aromatic carbocycles. The van der Waals surface area contributed by atoms with Gasteiger partial charge in [-0.2, -0.15) is 0 Å². The van der Waals surface area contributed by atoms with Crippen LogP contribution in [0, 0.1) is 5.92 Å². The van der Waals surface area contributed by atoms with Crippen LogP contribution in [-0.2, 0) is 0 Å². The number of fused-ring (bicyclic) bond motifs is 2. The average Bonchev–Trinajstić information content (AvgIpc) is 2.01. The molecular formula is C9H18N2. The molecule has 3 unspecified atom stereocenters. The first-order valence-corrected chi connectivity index (χ1v) is 4.77. The second-order valence-electron chi connectivity index (χ2n) is 4.19. The molecule has 64 valence electrons. The molecule has 2 saturated heterocycles. The van der Waals surface area contributed by atoms with Crippen molar-refractivity contribution in [3.05, 3.63) is 0 Å². The highest BCUT2D eigenvalue weighted by Gasteiger charge is 2.43. The topological polar surface area (TPSA) is 24.1 Å². The lowest BCUT2D eigenvalue weighted by atomic mass is 9.70. The molecule has 0 aromatic heterocycles. The van der Waals surface area contributed by atoms with Crippen LogP contribution in [0.4, 0.5) is 0 Å². The summed E-state index contributed by atoms with van der Waals surface area (Å²) in [6.45, 7) is 5.70. The van der Waals surface area contributed by atoms with Gasteiger partial charge in [0.15, 0.2) is 0 Å². The Kier molecular flexibility index (Phi) is 1.90.